The van der Waals surface area contributed by atoms with Crippen LogP contribution in [-0.2, 0) is 0 Å². The van der Waals surface area contributed by atoms with Gasteiger partial charge in [0.1, 0.15) is 5.65 Å². The highest BCUT2D eigenvalue weighted by molar-refractivity contribution is 14.1. The predicted molar refractivity (Wildman–Crippen MR) is 122 cm³/mol. The fourth-order valence-corrected chi connectivity index (χ4v) is 3.60. The molecule has 4 rings (SSSR count). The number of aromatic nitrogens is 3. The number of methoxy groups -OCH3 is 2. The van der Waals surface area contributed by atoms with Crippen LogP contribution in [0.25, 0.3) is 16.9 Å². The molecular weight excluding hydrogens is 497 g/mol. The summed E-state index contributed by atoms with van der Waals surface area (Å²) in [5, 5.41) is 3.22. The monoisotopic (exact) mass is 515 g/mol. The van der Waals surface area contributed by atoms with E-state index in [-0.39, 0.29) is 0 Å². The summed E-state index contributed by atoms with van der Waals surface area (Å²) in [6.45, 7) is 0. The minimum absolute atomic E-state index is 0.383. The Morgan fingerprint density at radius 1 is 1.10 bits per heavy atom. The number of nitrogens with zero attached hydrogens (tertiary/aromatic N) is 3. The lowest BCUT2D eigenvalue weighted by molar-refractivity contribution is 0.100. The van der Waals surface area contributed by atoms with Gasteiger partial charge in [-0.3, -0.25) is 9.20 Å². The zero-order valence-electron chi connectivity index (χ0n) is 16.2. The molecule has 0 saturated carbocycles. The molecule has 0 bridgehead atoms. The molecule has 0 spiro atoms. The van der Waals surface area contributed by atoms with Crippen molar-refractivity contribution in [3.63, 3.8) is 0 Å². The molecule has 9 heteroatoms. The van der Waals surface area contributed by atoms with Crippen molar-refractivity contribution in [3.05, 3.63) is 64.0 Å². The molecule has 1 amide bonds. The fraction of sp³-hybridized carbons (Fsp3) is 0.0952. The van der Waals surface area contributed by atoms with Gasteiger partial charge in [0.2, 0.25) is 5.95 Å². The molecule has 0 atom stereocenters. The number of amides is 1. The number of hydrogen-bond donors (Lipinski definition) is 2. The number of imidazole rings is 1. The summed E-state index contributed by atoms with van der Waals surface area (Å²) < 4.78 is 13.4. The highest BCUT2D eigenvalue weighted by Gasteiger charge is 2.14. The van der Waals surface area contributed by atoms with E-state index in [0.29, 0.717) is 40.0 Å². The molecule has 0 aliphatic carbocycles. The highest BCUT2D eigenvalue weighted by atomic mass is 127. The van der Waals surface area contributed by atoms with Gasteiger partial charge in [0.05, 0.1) is 31.2 Å². The molecular formula is C21H18IN5O3. The van der Waals surface area contributed by atoms with Crippen LogP contribution < -0.4 is 20.5 Å². The van der Waals surface area contributed by atoms with E-state index in [2.05, 4.69) is 32.9 Å². The van der Waals surface area contributed by atoms with Crippen LogP contribution in [0.4, 0.5) is 11.6 Å². The zero-order valence-corrected chi connectivity index (χ0v) is 18.4. The first-order valence-electron chi connectivity index (χ1n) is 8.93. The lowest BCUT2D eigenvalue weighted by Crippen LogP contribution is -2.14. The quantitative estimate of drug-likeness (QED) is 0.378. The molecule has 2 aromatic carbocycles. The van der Waals surface area contributed by atoms with Crippen LogP contribution in [0.15, 0.2) is 54.9 Å². The van der Waals surface area contributed by atoms with Gasteiger partial charge in [0, 0.05) is 27.6 Å². The minimum Gasteiger partial charge on any atom is -0.493 e. The van der Waals surface area contributed by atoms with Crippen LogP contribution >= 0.6 is 22.6 Å². The molecule has 3 N–H and O–H groups in total. The Labute approximate surface area is 186 Å². The third-order valence-corrected chi connectivity index (χ3v) is 5.23. The third kappa shape index (κ3) is 3.75. The lowest BCUT2D eigenvalue weighted by Gasteiger charge is -2.14. The van der Waals surface area contributed by atoms with Crippen LogP contribution in [-0.4, -0.2) is 34.5 Å². The molecule has 0 aliphatic heterocycles. The second kappa shape index (κ2) is 8.19. The average Bonchev–Trinajstić information content (AvgIpc) is 3.23. The van der Waals surface area contributed by atoms with Crippen molar-refractivity contribution in [2.24, 2.45) is 5.73 Å². The van der Waals surface area contributed by atoms with Gasteiger partial charge in [0.25, 0.3) is 5.91 Å². The van der Waals surface area contributed by atoms with Crippen LogP contribution in [0.3, 0.4) is 0 Å². The summed E-state index contributed by atoms with van der Waals surface area (Å²) in [6, 6.07) is 12.9. The van der Waals surface area contributed by atoms with Crippen molar-refractivity contribution >= 4 is 45.8 Å². The smallest absolute Gasteiger partial charge is 0.250 e. The van der Waals surface area contributed by atoms with E-state index in [1.54, 1.807) is 43.1 Å². The van der Waals surface area contributed by atoms with Crippen LogP contribution in [0.1, 0.15) is 10.4 Å². The van der Waals surface area contributed by atoms with Gasteiger partial charge in [-0.2, -0.15) is 0 Å². The molecule has 0 radical (unpaired) electrons. The van der Waals surface area contributed by atoms with Crippen molar-refractivity contribution in [3.8, 4) is 22.8 Å². The van der Waals surface area contributed by atoms with E-state index >= 15 is 0 Å². The first kappa shape index (κ1) is 20.0. The second-order valence-electron chi connectivity index (χ2n) is 6.37. The molecule has 2 aromatic heterocycles. The number of halogens is 1. The van der Waals surface area contributed by atoms with Gasteiger partial charge in [-0.25, -0.2) is 9.97 Å². The summed E-state index contributed by atoms with van der Waals surface area (Å²) in [4.78, 5) is 21.1. The normalized spacial score (nSPS) is 10.8. The number of rotatable bonds is 6. The zero-order chi connectivity index (χ0) is 21.3. The van der Waals surface area contributed by atoms with Gasteiger partial charge in [-0.1, -0.05) is 0 Å². The lowest BCUT2D eigenvalue weighted by atomic mass is 10.1. The van der Waals surface area contributed by atoms with Gasteiger partial charge in [-0.15, -0.1) is 0 Å². The van der Waals surface area contributed by atoms with Crippen molar-refractivity contribution < 1.29 is 14.3 Å². The number of hydrogen-bond acceptors (Lipinski definition) is 6. The van der Waals surface area contributed by atoms with E-state index in [9.17, 15) is 4.79 Å². The van der Waals surface area contributed by atoms with Gasteiger partial charge in [-0.05, 0) is 59.0 Å². The number of primary amides is 1. The molecule has 0 unspecified atom stereocenters. The van der Waals surface area contributed by atoms with Crippen molar-refractivity contribution in [1.82, 2.24) is 14.4 Å². The first-order chi connectivity index (χ1) is 14.5. The van der Waals surface area contributed by atoms with E-state index in [0.717, 1.165) is 9.13 Å². The van der Waals surface area contributed by atoms with E-state index in [1.165, 1.54) is 0 Å². The maximum Gasteiger partial charge on any atom is 0.250 e. The van der Waals surface area contributed by atoms with Crippen molar-refractivity contribution in [1.29, 1.82) is 0 Å². The molecule has 8 nitrogen and oxygen atoms in total. The Morgan fingerprint density at radius 2 is 1.90 bits per heavy atom. The standard InChI is InChI=1S/C21H18IN5O3/c1-29-17-6-3-12(9-18(17)30-2)16-11-19-24-7-8-27(19)21(26-16)25-15-5-4-13(22)10-14(15)20(23)28/h3-11H,1-2H3,(H2,23,28)(H,25,26). The molecule has 152 valence electrons. The summed E-state index contributed by atoms with van der Waals surface area (Å²) in [5.41, 5.74) is 8.72. The van der Waals surface area contributed by atoms with Crippen LogP contribution in [0, 0.1) is 3.57 Å². The molecule has 0 fully saturated rings. The maximum atomic E-state index is 11.9. The minimum atomic E-state index is -0.520. The summed E-state index contributed by atoms with van der Waals surface area (Å²) in [5.74, 6) is 1.21. The van der Waals surface area contributed by atoms with Gasteiger partial charge in [0.15, 0.2) is 11.5 Å². The largest absolute Gasteiger partial charge is 0.493 e. The summed E-state index contributed by atoms with van der Waals surface area (Å²) in [7, 11) is 3.17. The number of nitrogens with two attached hydrogens (primary N) is 1. The maximum absolute atomic E-state index is 11.9. The Bertz CT molecular complexity index is 1250. The SMILES string of the molecule is COc1ccc(-c2cc3nccn3c(Nc3ccc(I)cc3C(N)=O)n2)cc1OC. The number of anilines is 2. The van der Waals surface area contributed by atoms with Crippen molar-refractivity contribution in [2.45, 2.75) is 0 Å². The Morgan fingerprint density at radius 3 is 2.63 bits per heavy atom. The van der Waals surface area contributed by atoms with Crippen LogP contribution in [0.2, 0.25) is 0 Å². The number of fused-ring (bicyclic) bond motifs is 1. The fourth-order valence-electron chi connectivity index (χ4n) is 3.10. The molecule has 2 heterocycles. The van der Waals surface area contributed by atoms with Gasteiger partial charge >= 0.3 is 0 Å². The topological polar surface area (TPSA) is 104 Å². The van der Waals surface area contributed by atoms with E-state index in [4.69, 9.17) is 20.2 Å². The Hall–Kier alpha value is -3.34. The first-order valence-corrected chi connectivity index (χ1v) is 10.0. The number of carbonyl (C=O) groups is 1. The number of nitrogens with one attached hydrogen (secondary N) is 1. The predicted octanol–water partition coefficient (Wildman–Crippen LogP) is 3.86. The summed E-state index contributed by atoms with van der Waals surface area (Å²) in [6.07, 6.45) is 3.48. The molecule has 0 saturated heterocycles. The van der Waals surface area contributed by atoms with Crippen LogP contribution in [0.5, 0.6) is 11.5 Å². The Kier molecular flexibility index (Phi) is 5.44. The second-order valence-corrected chi connectivity index (χ2v) is 7.61. The third-order valence-electron chi connectivity index (χ3n) is 4.56. The molecule has 4 aromatic rings. The Balaban J connectivity index is 1.83. The average molecular weight is 515 g/mol. The number of benzene rings is 2. The van der Waals surface area contributed by atoms with E-state index in [1.807, 2.05) is 30.3 Å². The van der Waals surface area contributed by atoms with E-state index < -0.39 is 5.91 Å². The highest BCUT2D eigenvalue weighted by Crippen LogP contribution is 2.33. The number of carbonyl (C=O) groups excluding carboxylic acids is 1. The molecule has 0 aliphatic rings. The van der Waals surface area contributed by atoms with Gasteiger partial charge < -0.3 is 20.5 Å². The number of ether oxygens (including phenoxy) is 2. The van der Waals surface area contributed by atoms with Crippen molar-refractivity contribution in [2.75, 3.05) is 19.5 Å². The molecule has 30 heavy (non-hydrogen) atoms. The summed E-state index contributed by atoms with van der Waals surface area (Å²) >= 11 is 2.14.